The number of fused-ring (bicyclic) bond motifs is 1. The van der Waals surface area contributed by atoms with E-state index in [0.717, 1.165) is 22.3 Å². The number of thiophene rings is 1. The van der Waals surface area contributed by atoms with Gasteiger partial charge in [0.15, 0.2) is 0 Å². The number of nitrogens with two attached hydrogens (primary N) is 1. The summed E-state index contributed by atoms with van der Waals surface area (Å²) in [4.78, 5) is 0. The molecule has 0 spiro atoms. The van der Waals surface area contributed by atoms with Gasteiger partial charge >= 0.3 is 0 Å². The summed E-state index contributed by atoms with van der Waals surface area (Å²) < 4.78 is 5.86. The van der Waals surface area contributed by atoms with Crippen LogP contribution in [-0.2, 0) is 0 Å². The van der Waals surface area contributed by atoms with Crippen LogP contribution in [0.4, 0.5) is 0 Å². The SMILES string of the molecule is Cc1cscc1C(NN)c1cc2cc(Cl)ccc2o1. The highest BCUT2D eigenvalue weighted by atomic mass is 35.5. The molecule has 3 aromatic rings. The number of furan rings is 1. The molecule has 2 heterocycles. The van der Waals surface area contributed by atoms with Gasteiger partial charge in [-0.3, -0.25) is 5.84 Å². The fourth-order valence-corrected chi connectivity index (χ4v) is 3.23. The van der Waals surface area contributed by atoms with Gasteiger partial charge in [-0.1, -0.05) is 11.6 Å². The summed E-state index contributed by atoms with van der Waals surface area (Å²) in [6.45, 7) is 2.07. The van der Waals surface area contributed by atoms with Gasteiger partial charge < -0.3 is 4.42 Å². The van der Waals surface area contributed by atoms with Crippen LogP contribution in [0.25, 0.3) is 11.0 Å². The lowest BCUT2D eigenvalue weighted by Gasteiger charge is -2.12. The third-order valence-electron chi connectivity index (χ3n) is 3.15. The van der Waals surface area contributed by atoms with E-state index in [1.807, 2.05) is 24.3 Å². The minimum atomic E-state index is -0.141. The number of hydrogen-bond donors (Lipinski definition) is 2. The van der Waals surface area contributed by atoms with Crippen LogP contribution < -0.4 is 11.3 Å². The Kier molecular flexibility index (Phi) is 3.33. The van der Waals surface area contributed by atoms with Gasteiger partial charge in [0.05, 0.1) is 0 Å². The van der Waals surface area contributed by atoms with Crippen molar-refractivity contribution in [3.05, 3.63) is 56.9 Å². The van der Waals surface area contributed by atoms with Gasteiger partial charge in [0.1, 0.15) is 17.4 Å². The van der Waals surface area contributed by atoms with Crippen LogP contribution in [0.15, 0.2) is 39.4 Å². The summed E-state index contributed by atoms with van der Waals surface area (Å²) in [6.07, 6.45) is 0. The second-order valence-electron chi connectivity index (χ2n) is 4.44. The molecule has 3 nitrogen and oxygen atoms in total. The molecule has 2 aromatic heterocycles. The molecule has 0 aliphatic rings. The maximum atomic E-state index is 5.99. The van der Waals surface area contributed by atoms with Gasteiger partial charge in [0, 0.05) is 10.4 Å². The van der Waals surface area contributed by atoms with Crippen LogP contribution in [0.5, 0.6) is 0 Å². The smallest absolute Gasteiger partial charge is 0.134 e. The molecular weight excluding hydrogens is 280 g/mol. The fraction of sp³-hybridized carbons (Fsp3) is 0.143. The minimum absolute atomic E-state index is 0.141. The maximum Gasteiger partial charge on any atom is 0.134 e. The molecule has 3 rings (SSSR count). The fourth-order valence-electron chi connectivity index (χ4n) is 2.17. The number of benzene rings is 1. The van der Waals surface area contributed by atoms with E-state index in [-0.39, 0.29) is 6.04 Å². The standard InChI is InChI=1S/C14H13ClN2OS/c1-8-6-19-7-11(8)14(17-16)13-5-9-4-10(15)2-3-12(9)18-13/h2-7,14,17H,16H2,1H3. The van der Waals surface area contributed by atoms with E-state index in [4.69, 9.17) is 21.9 Å². The molecule has 0 aliphatic carbocycles. The zero-order chi connectivity index (χ0) is 13.4. The zero-order valence-electron chi connectivity index (χ0n) is 10.3. The lowest BCUT2D eigenvalue weighted by Crippen LogP contribution is -2.28. The number of rotatable bonds is 3. The van der Waals surface area contributed by atoms with Gasteiger partial charge in [-0.25, -0.2) is 5.43 Å². The molecule has 0 saturated carbocycles. The lowest BCUT2D eigenvalue weighted by molar-refractivity contribution is 0.477. The molecule has 0 fully saturated rings. The van der Waals surface area contributed by atoms with Crippen molar-refractivity contribution < 1.29 is 4.42 Å². The second kappa shape index (κ2) is 4.98. The molecular formula is C14H13ClN2OS. The van der Waals surface area contributed by atoms with Crippen molar-refractivity contribution in [1.82, 2.24) is 5.43 Å². The molecule has 0 bridgehead atoms. The molecule has 19 heavy (non-hydrogen) atoms. The molecule has 98 valence electrons. The van der Waals surface area contributed by atoms with Crippen molar-refractivity contribution in [2.75, 3.05) is 0 Å². The summed E-state index contributed by atoms with van der Waals surface area (Å²) in [6, 6.07) is 7.41. The minimum Gasteiger partial charge on any atom is -0.459 e. The molecule has 0 aliphatic heterocycles. The van der Waals surface area contributed by atoms with E-state index >= 15 is 0 Å². The zero-order valence-corrected chi connectivity index (χ0v) is 11.9. The van der Waals surface area contributed by atoms with Crippen LogP contribution in [0.2, 0.25) is 5.02 Å². The van der Waals surface area contributed by atoms with Gasteiger partial charge in [-0.15, -0.1) is 0 Å². The predicted molar refractivity (Wildman–Crippen MR) is 79.4 cm³/mol. The monoisotopic (exact) mass is 292 g/mol. The Morgan fingerprint density at radius 1 is 1.32 bits per heavy atom. The third-order valence-corrected chi connectivity index (χ3v) is 4.27. The molecule has 0 amide bonds. The highest BCUT2D eigenvalue weighted by Gasteiger charge is 2.19. The van der Waals surface area contributed by atoms with E-state index in [0.29, 0.717) is 5.02 Å². The summed E-state index contributed by atoms with van der Waals surface area (Å²) >= 11 is 7.64. The predicted octanol–water partition coefficient (Wildman–Crippen LogP) is 4.01. The Labute approximate surface area is 119 Å². The van der Waals surface area contributed by atoms with Crippen molar-refractivity contribution >= 4 is 33.9 Å². The van der Waals surface area contributed by atoms with Crippen LogP contribution in [0, 0.1) is 6.92 Å². The first-order chi connectivity index (χ1) is 9.19. The Hall–Kier alpha value is -1.33. The van der Waals surface area contributed by atoms with Crippen molar-refractivity contribution in [2.24, 2.45) is 5.84 Å². The molecule has 5 heteroatoms. The van der Waals surface area contributed by atoms with E-state index in [1.54, 1.807) is 11.3 Å². The largest absolute Gasteiger partial charge is 0.459 e. The highest BCUT2D eigenvalue weighted by molar-refractivity contribution is 7.08. The molecule has 3 N–H and O–H groups in total. The first kappa shape index (κ1) is 12.7. The molecule has 1 unspecified atom stereocenters. The normalized spacial score (nSPS) is 13.0. The summed E-state index contributed by atoms with van der Waals surface area (Å²) in [5.74, 6) is 6.48. The van der Waals surface area contributed by atoms with Crippen molar-refractivity contribution in [2.45, 2.75) is 13.0 Å². The molecule has 1 atom stereocenters. The average Bonchev–Trinajstić information content (AvgIpc) is 2.97. The topological polar surface area (TPSA) is 51.2 Å². The van der Waals surface area contributed by atoms with E-state index in [2.05, 4.69) is 23.1 Å². The highest BCUT2D eigenvalue weighted by Crippen LogP contribution is 2.31. The Morgan fingerprint density at radius 2 is 2.16 bits per heavy atom. The van der Waals surface area contributed by atoms with Crippen LogP contribution in [0.1, 0.15) is 22.9 Å². The molecule has 1 aromatic carbocycles. The van der Waals surface area contributed by atoms with E-state index in [9.17, 15) is 0 Å². The van der Waals surface area contributed by atoms with Crippen molar-refractivity contribution in [3.63, 3.8) is 0 Å². The number of nitrogens with one attached hydrogen (secondary N) is 1. The van der Waals surface area contributed by atoms with Gasteiger partial charge in [-0.05, 0) is 53.1 Å². The summed E-state index contributed by atoms with van der Waals surface area (Å²) in [5, 5.41) is 5.86. The maximum absolute atomic E-state index is 5.99. The average molecular weight is 293 g/mol. The van der Waals surface area contributed by atoms with Gasteiger partial charge in [0.2, 0.25) is 0 Å². The first-order valence-corrected chi connectivity index (χ1v) is 7.19. The molecule has 0 saturated heterocycles. The lowest BCUT2D eigenvalue weighted by atomic mass is 10.0. The van der Waals surface area contributed by atoms with Crippen LogP contribution in [-0.4, -0.2) is 0 Å². The number of aryl methyl sites for hydroxylation is 1. The quantitative estimate of drug-likeness (QED) is 0.566. The van der Waals surface area contributed by atoms with Gasteiger partial charge in [0.25, 0.3) is 0 Å². The van der Waals surface area contributed by atoms with Crippen molar-refractivity contribution in [3.8, 4) is 0 Å². The second-order valence-corrected chi connectivity index (χ2v) is 5.62. The van der Waals surface area contributed by atoms with Gasteiger partial charge in [-0.2, -0.15) is 11.3 Å². The number of hydrogen-bond acceptors (Lipinski definition) is 4. The van der Waals surface area contributed by atoms with E-state index in [1.165, 1.54) is 5.56 Å². The van der Waals surface area contributed by atoms with E-state index < -0.39 is 0 Å². The Morgan fingerprint density at radius 3 is 2.84 bits per heavy atom. The Bertz CT molecular complexity index is 719. The first-order valence-electron chi connectivity index (χ1n) is 5.87. The summed E-state index contributed by atoms with van der Waals surface area (Å²) in [7, 11) is 0. The van der Waals surface area contributed by atoms with Crippen molar-refractivity contribution in [1.29, 1.82) is 0 Å². The third kappa shape index (κ3) is 2.28. The number of hydrazine groups is 1. The molecule has 0 radical (unpaired) electrons. The summed E-state index contributed by atoms with van der Waals surface area (Å²) in [5.41, 5.74) is 5.97. The Balaban J connectivity index is 2.09. The van der Waals surface area contributed by atoms with Crippen LogP contribution in [0.3, 0.4) is 0 Å². The van der Waals surface area contributed by atoms with Crippen LogP contribution >= 0.6 is 22.9 Å². The number of halogens is 1.